The van der Waals surface area contributed by atoms with Crippen molar-refractivity contribution in [3.63, 3.8) is 0 Å². The summed E-state index contributed by atoms with van der Waals surface area (Å²) in [6, 6.07) is 6.78. The van der Waals surface area contributed by atoms with E-state index in [1.165, 1.54) is 11.2 Å². The van der Waals surface area contributed by atoms with Gasteiger partial charge in [0.2, 0.25) is 5.91 Å². The minimum atomic E-state index is -0.288. The molecule has 4 rings (SSSR count). The van der Waals surface area contributed by atoms with Crippen molar-refractivity contribution in [2.45, 2.75) is 25.7 Å². The third-order valence-electron chi connectivity index (χ3n) is 4.82. The second-order valence-corrected chi connectivity index (χ2v) is 6.83. The number of nitrogens with zero attached hydrogens (tertiary/aromatic N) is 5. The van der Waals surface area contributed by atoms with Crippen molar-refractivity contribution in [3.05, 3.63) is 59.7 Å². The molecule has 0 fully saturated rings. The lowest BCUT2D eigenvalue weighted by Gasteiger charge is -2.13. The first kappa shape index (κ1) is 18.7. The Labute approximate surface area is 166 Å². The molecule has 0 atom stereocenters. The summed E-state index contributed by atoms with van der Waals surface area (Å²) in [5.74, 6) is -0.112. The Balaban J connectivity index is 1.16. The molecule has 9 nitrogen and oxygen atoms in total. The number of imide groups is 1. The van der Waals surface area contributed by atoms with Crippen LogP contribution in [0.4, 0.5) is 0 Å². The van der Waals surface area contributed by atoms with Gasteiger partial charge in [0.25, 0.3) is 17.6 Å². The summed E-state index contributed by atoms with van der Waals surface area (Å²) in [4.78, 5) is 46.0. The third-order valence-corrected chi connectivity index (χ3v) is 4.82. The van der Waals surface area contributed by atoms with E-state index in [0.717, 1.165) is 18.4 Å². The number of amides is 3. The van der Waals surface area contributed by atoms with Crippen molar-refractivity contribution in [2.75, 3.05) is 13.1 Å². The molecule has 0 saturated carbocycles. The highest BCUT2D eigenvalue weighted by Crippen LogP contribution is 2.22. The number of rotatable bonds is 8. The number of hydrogen-bond acceptors (Lipinski definition) is 6. The largest absolute Gasteiger partial charge is 0.356 e. The predicted octanol–water partition coefficient (Wildman–Crippen LogP) is 1.25. The number of hydrogen-bond donors (Lipinski definition) is 1. The molecule has 9 heteroatoms. The van der Waals surface area contributed by atoms with Crippen molar-refractivity contribution in [2.24, 2.45) is 0 Å². The monoisotopic (exact) mass is 392 g/mol. The average Bonchev–Trinajstić information content (AvgIpc) is 3.29. The summed E-state index contributed by atoms with van der Waals surface area (Å²) in [5, 5.41) is 6.92. The van der Waals surface area contributed by atoms with Crippen molar-refractivity contribution >= 4 is 23.5 Å². The van der Waals surface area contributed by atoms with Crippen LogP contribution < -0.4 is 5.32 Å². The van der Waals surface area contributed by atoms with Gasteiger partial charge >= 0.3 is 0 Å². The van der Waals surface area contributed by atoms with Crippen LogP contribution in [0, 0.1) is 0 Å². The first-order valence-electron chi connectivity index (χ1n) is 9.49. The normalized spacial score (nSPS) is 13.2. The molecule has 3 aromatic rings. The van der Waals surface area contributed by atoms with Crippen molar-refractivity contribution < 1.29 is 14.4 Å². The van der Waals surface area contributed by atoms with E-state index in [4.69, 9.17) is 0 Å². The Kier molecular flexibility index (Phi) is 5.28. The van der Waals surface area contributed by atoms with E-state index < -0.39 is 0 Å². The van der Waals surface area contributed by atoms with Gasteiger partial charge in [-0.25, -0.2) is 9.50 Å². The zero-order valence-electron chi connectivity index (χ0n) is 15.7. The maximum Gasteiger partial charge on any atom is 0.261 e. The summed E-state index contributed by atoms with van der Waals surface area (Å²) in [5.41, 5.74) is 1.88. The number of carbonyl (C=O) groups excluding carboxylic acids is 3. The lowest BCUT2D eigenvalue weighted by Crippen LogP contribution is -2.32. The molecule has 0 radical (unpaired) electrons. The summed E-state index contributed by atoms with van der Waals surface area (Å²) >= 11 is 0. The van der Waals surface area contributed by atoms with Crippen LogP contribution >= 0.6 is 0 Å². The molecule has 148 valence electrons. The van der Waals surface area contributed by atoms with E-state index in [1.807, 2.05) is 6.20 Å². The van der Waals surface area contributed by atoms with Crippen LogP contribution in [0.15, 0.2) is 43.0 Å². The maximum absolute atomic E-state index is 12.3. The second kappa shape index (κ2) is 8.17. The molecule has 0 saturated heterocycles. The number of benzene rings is 1. The Morgan fingerprint density at radius 1 is 1.03 bits per heavy atom. The van der Waals surface area contributed by atoms with E-state index in [1.54, 1.807) is 35.0 Å². The van der Waals surface area contributed by atoms with Crippen molar-refractivity contribution in [1.82, 2.24) is 29.8 Å². The Morgan fingerprint density at radius 2 is 1.79 bits per heavy atom. The van der Waals surface area contributed by atoms with Gasteiger partial charge in [0.1, 0.15) is 6.33 Å². The second-order valence-electron chi connectivity index (χ2n) is 6.83. The number of aryl methyl sites for hydroxylation is 1. The smallest absolute Gasteiger partial charge is 0.261 e. The number of fused-ring (bicyclic) bond motifs is 2. The van der Waals surface area contributed by atoms with Crippen LogP contribution in [-0.4, -0.2) is 55.3 Å². The number of nitrogens with one attached hydrogen (secondary N) is 1. The zero-order valence-corrected chi connectivity index (χ0v) is 15.7. The summed E-state index contributed by atoms with van der Waals surface area (Å²) in [6.45, 7) is 0.782. The van der Waals surface area contributed by atoms with E-state index in [2.05, 4.69) is 20.4 Å². The van der Waals surface area contributed by atoms with Crippen molar-refractivity contribution in [1.29, 1.82) is 0 Å². The van der Waals surface area contributed by atoms with Gasteiger partial charge in [0.05, 0.1) is 11.1 Å². The lowest BCUT2D eigenvalue weighted by molar-refractivity contribution is -0.121. The minimum Gasteiger partial charge on any atom is -0.356 e. The number of aromatic nitrogens is 4. The SMILES string of the molecule is O=C(CCCN1C(=O)c2ccccc2C1=O)NCCCc1cnc2ncnn2c1. The quantitative estimate of drug-likeness (QED) is 0.456. The lowest BCUT2D eigenvalue weighted by atomic mass is 10.1. The van der Waals surface area contributed by atoms with Gasteiger partial charge in [0.15, 0.2) is 0 Å². The first-order chi connectivity index (χ1) is 14.1. The zero-order chi connectivity index (χ0) is 20.2. The maximum atomic E-state index is 12.3. The number of carbonyl (C=O) groups is 3. The van der Waals surface area contributed by atoms with Crippen molar-refractivity contribution in [3.8, 4) is 0 Å². The van der Waals surface area contributed by atoms with Crippen LogP contribution in [0.1, 0.15) is 45.5 Å². The Hall–Kier alpha value is -3.62. The molecule has 2 aromatic heterocycles. The van der Waals surface area contributed by atoms with Crippen LogP contribution in [0.3, 0.4) is 0 Å². The molecule has 1 N–H and O–H groups in total. The fourth-order valence-corrected chi connectivity index (χ4v) is 3.34. The first-order valence-corrected chi connectivity index (χ1v) is 9.49. The van der Waals surface area contributed by atoms with Gasteiger partial charge in [0, 0.05) is 31.9 Å². The van der Waals surface area contributed by atoms with E-state index in [9.17, 15) is 14.4 Å². The van der Waals surface area contributed by atoms with Gasteiger partial charge in [-0.15, -0.1) is 0 Å². The highest BCUT2D eigenvalue weighted by Gasteiger charge is 2.34. The van der Waals surface area contributed by atoms with Gasteiger partial charge in [-0.2, -0.15) is 10.1 Å². The van der Waals surface area contributed by atoms with Crippen LogP contribution in [0.2, 0.25) is 0 Å². The highest BCUT2D eigenvalue weighted by atomic mass is 16.2. The molecular weight excluding hydrogens is 372 g/mol. The van der Waals surface area contributed by atoms with E-state index in [-0.39, 0.29) is 30.7 Å². The predicted molar refractivity (Wildman–Crippen MR) is 103 cm³/mol. The van der Waals surface area contributed by atoms with E-state index >= 15 is 0 Å². The summed E-state index contributed by atoms with van der Waals surface area (Å²) < 4.78 is 1.62. The summed E-state index contributed by atoms with van der Waals surface area (Å²) in [6.07, 6.45) is 7.32. The molecule has 0 bridgehead atoms. The molecule has 0 spiro atoms. The molecule has 0 unspecified atom stereocenters. The molecule has 0 aliphatic carbocycles. The average molecular weight is 392 g/mol. The molecular formula is C20H20N6O3. The van der Waals surface area contributed by atoms with Gasteiger partial charge < -0.3 is 5.32 Å². The molecule has 3 amide bonds. The van der Waals surface area contributed by atoms with Gasteiger partial charge in [-0.05, 0) is 37.0 Å². The fourth-order valence-electron chi connectivity index (χ4n) is 3.34. The standard InChI is InChI=1S/C20H20N6O3/c27-17(21-9-3-5-14-11-22-20-23-13-24-26(20)12-14)8-4-10-25-18(28)15-6-1-2-7-16(15)19(25)29/h1-2,6-7,11-13H,3-5,8-10H2,(H,21,27). The van der Waals surface area contributed by atoms with Gasteiger partial charge in [-0.3, -0.25) is 19.3 Å². The van der Waals surface area contributed by atoms with Gasteiger partial charge in [-0.1, -0.05) is 12.1 Å². The minimum absolute atomic E-state index is 0.0912. The molecule has 29 heavy (non-hydrogen) atoms. The molecule has 1 aromatic carbocycles. The van der Waals surface area contributed by atoms with Crippen LogP contribution in [0.25, 0.3) is 5.78 Å². The fraction of sp³-hybridized carbons (Fsp3) is 0.300. The summed E-state index contributed by atoms with van der Waals surface area (Å²) in [7, 11) is 0. The van der Waals surface area contributed by atoms with E-state index in [0.29, 0.717) is 29.9 Å². The van der Waals surface area contributed by atoms with Crippen LogP contribution in [-0.2, 0) is 11.2 Å². The third kappa shape index (κ3) is 3.98. The Bertz CT molecular complexity index is 1040. The topological polar surface area (TPSA) is 110 Å². The molecule has 1 aliphatic rings. The molecule has 1 aliphatic heterocycles. The Morgan fingerprint density at radius 3 is 2.55 bits per heavy atom. The van der Waals surface area contributed by atoms with Crippen LogP contribution in [0.5, 0.6) is 0 Å². The highest BCUT2D eigenvalue weighted by molar-refractivity contribution is 6.21. The molecule has 3 heterocycles.